The molecule has 1 heterocycles. The van der Waals surface area contributed by atoms with E-state index in [1.54, 1.807) is 12.3 Å². The summed E-state index contributed by atoms with van der Waals surface area (Å²) in [6.45, 7) is 7.01. The van der Waals surface area contributed by atoms with Gasteiger partial charge in [-0.15, -0.1) is 6.58 Å². The number of nitrogens with zero attached hydrogens (tertiary/aromatic N) is 3. The predicted octanol–water partition coefficient (Wildman–Crippen LogP) is 2.09. The molecule has 1 aliphatic carbocycles. The Labute approximate surface area is 127 Å². The van der Waals surface area contributed by atoms with Gasteiger partial charge in [0.1, 0.15) is 4.47 Å². The van der Waals surface area contributed by atoms with Gasteiger partial charge in [0.25, 0.3) is 5.56 Å². The summed E-state index contributed by atoms with van der Waals surface area (Å²) in [7, 11) is 2.15. The molecule has 1 aromatic rings. The van der Waals surface area contributed by atoms with E-state index < -0.39 is 0 Å². The van der Waals surface area contributed by atoms with Crippen molar-refractivity contribution >= 4 is 21.6 Å². The van der Waals surface area contributed by atoms with Crippen LogP contribution in [0.4, 0.5) is 5.69 Å². The molecule has 0 radical (unpaired) electrons. The minimum absolute atomic E-state index is 0.141. The van der Waals surface area contributed by atoms with Gasteiger partial charge in [0.15, 0.2) is 0 Å². The first-order valence-electron chi connectivity index (χ1n) is 6.87. The Morgan fingerprint density at radius 1 is 1.70 bits per heavy atom. The molecule has 1 unspecified atom stereocenters. The molecule has 2 rings (SSSR count). The van der Waals surface area contributed by atoms with Crippen LogP contribution in [0.15, 0.2) is 28.1 Å². The Morgan fingerprint density at radius 2 is 2.40 bits per heavy atom. The summed E-state index contributed by atoms with van der Waals surface area (Å²) in [5.74, 6) is 0. The number of aromatic nitrogens is 2. The van der Waals surface area contributed by atoms with Crippen molar-refractivity contribution < 1.29 is 0 Å². The number of likely N-dealkylation sites (N-methyl/N-ethyl adjacent to an activating group) is 1. The molecule has 0 bridgehead atoms. The summed E-state index contributed by atoms with van der Waals surface area (Å²) < 4.78 is 1.90. The summed E-state index contributed by atoms with van der Waals surface area (Å²) in [6.07, 6.45) is 5.92. The lowest BCUT2D eigenvalue weighted by atomic mass is 10.3. The minimum atomic E-state index is -0.141. The molecule has 0 aliphatic heterocycles. The number of hydrogen-bond donors (Lipinski definition) is 1. The topological polar surface area (TPSA) is 50.2 Å². The molecular formula is C14H21BrN4O. The van der Waals surface area contributed by atoms with Crippen LogP contribution in [0.5, 0.6) is 0 Å². The summed E-state index contributed by atoms with van der Waals surface area (Å²) >= 11 is 3.35. The van der Waals surface area contributed by atoms with E-state index in [0.717, 1.165) is 18.3 Å². The summed E-state index contributed by atoms with van der Waals surface area (Å²) in [6, 6.07) is 1.15. The van der Waals surface area contributed by atoms with Crippen molar-refractivity contribution in [3.05, 3.63) is 33.7 Å². The normalized spacial score (nSPS) is 16.2. The highest BCUT2D eigenvalue weighted by Crippen LogP contribution is 2.27. The molecule has 1 atom stereocenters. The smallest absolute Gasteiger partial charge is 0.283 e. The Hall–Kier alpha value is -1.14. The number of halogens is 1. The van der Waals surface area contributed by atoms with Gasteiger partial charge >= 0.3 is 0 Å². The molecule has 6 heteroatoms. The van der Waals surface area contributed by atoms with E-state index >= 15 is 0 Å². The van der Waals surface area contributed by atoms with Crippen molar-refractivity contribution in [1.29, 1.82) is 0 Å². The second-order valence-electron chi connectivity index (χ2n) is 5.27. The maximum absolute atomic E-state index is 12.0. The van der Waals surface area contributed by atoms with Gasteiger partial charge < -0.3 is 5.32 Å². The third-order valence-electron chi connectivity index (χ3n) is 3.69. The Kier molecular flexibility index (Phi) is 4.99. The van der Waals surface area contributed by atoms with Crippen LogP contribution in [0, 0.1) is 0 Å². The van der Waals surface area contributed by atoms with Gasteiger partial charge in [-0.2, -0.15) is 5.10 Å². The monoisotopic (exact) mass is 340 g/mol. The van der Waals surface area contributed by atoms with E-state index in [4.69, 9.17) is 0 Å². The zero-order valence-electron chi connectivity index (χ0n) is 12.0. The van der Waals surface area contributed by atoms with Crippen LogP contribution in [0.1, 0.15) is 19.8 Å². The molecule has 0 amide bonds. The standard InChI is InChI=1S/C14H21BrN4O/c1-4-7-19-14(20)13(15)12(9-17-19)16-8-10(2)18(3)11-5-6-11/h4,9-11,16H,1,5-8H2,2-3H3. The lowest BCUT2D eigenvalue weighted by Gasteiger charge is -2.25. The van der Waals surface area contributed by atoms with Crippen LogP contribution < -0.4 is 10.9 Å². The SMILES string of the molecule is C=CCn1ncc(NCC(C)N(C)C2CC2)c(Br)c1=O. The number of rotatable bonds is 7. The maximum Gasteiger partial charge on any atom is 0.283 e. The van der Waals surface area contributed by atoms with Crippen LogP contribution in [-0.4, -0.2) is 40.4 Å². The Morgan fingerprint density at radius 3 is 3.00 bits per heavy atom. The Balaban J connectivity index is 2.00. The van der Waals surface area contributed by atoms with E-state index in [1.807, 2.05) is 0 Å². The number of hydrogen-bond acceptors (Lipinski definition) is 4. The van der Waals surface area contributed by atoms with Crippen molar-refractivity contribution in [2.24, 2.45) is 0 Å². The first-order valence-corrected chi connectivity index (χ1v) is 7.66. The van der Waals surface area contributed by atoms with Gasteiger partial charge in [-0.25, -0.2) is 4.68 Å². The number of anilines is 1. The van der Waals surface area contributed by atoms with Crippen molar-refractivity contribution in [2.75, 3.05) is 18.9 Å². The lowest BCUT2D eigenvalue weighted by Crippen LogP contribution is -2.36. The second kappa shape index (κ2) is 6.54. The minimum Gasteiger partial charge on any atom is -0.381 e. The molecule has 0 saturated heterocycles. The highest BCUT2D eigenvalue weighted by molar-refractivity contribution is 9.10. The van der Waals surface area contributed by atoms with Gasteiger partial charge in [-0.3, -0.25) is 9.69 Å². The van der Waals surface area contributed by atoms with Crippen LogP contribution in [0.2, 0.25) is 0 Å². The number of allylic oxidation sites excluding steroid dienone is 1. The van der Waals surface area contributed by atoms with Crippen LogP contribution in [-0.2, 0) is 6.54 Å². The molecule has 110 valence electrons. The van der Waals surface area contributed by atoms with Crippen LogP contribution in [0.3, 0.4) is 0 Å². The van der Waals surface area contributed by atoms with Crippen molar-refractivity contribution in [1.82, 2.24) is 14.7 Å². The zero-order chi connectivity index (χ0) is 14.7. The fourth-order valence-electron chi connectivity index (χ4n) is 2.08. The summed E-state index contributed by atoms with van der Waals surface area (Å²) in [4.78, 5) is 14.4. The summed E-state index contributed by atoms with van der Waals surface area (Å²) in [5.41, 5.74) is 0.601. The average molecular weight is 341 g/mol. The molecular weight excluding hydrogens is 320 g/mol. The Bertz CT molecular complexity index is 538. The van der Waals surface area contributed by atoms with E-state index in [-0.39, 0.29) is 5.56 Å². The van der Waals surface area contributed by atoms with Gasteiger partial charge in [-0.05, 0) is 42.7 Å². The molecule has 1 fully saturated rings. The quantitative estimate of drug-likeness (QED) is 0.772. The average Bonchev–Trinajstić information content (AvgIpc) is 3.26. The van der Waals surface area contributed by atoms with Gasteiger partial charge in [-0.1, -0.05) is 6.08 Å². The molecule has 1 N–H and O–H groups in total. The van der Waals surface area contributed by atoms with E-state index in [2.05, 4.69) is 51.8 Å². The molecule has 0 spiro atoms. The summed E-state index contributed by atoms with van der Waals surface area (Å²) in [5, 5.41) is 7.42. The highest BCUT2D eigenvalue weighted by atomic mass is 79.9. The maximum atomic E-state index is 12.0. The van der Waals surface area contributed by atoms with Crippen molar-refractivity contribution in [2.45, 2.75) is 38.4 Å². The van der Waals surface area contributed by atoms with Gasteiger partial charge in [0.2, 0.25) is 0 Å². The van der Waals surface area contributed by atoms with Gasteiger partial charge in [0.05, 0.1) is 18.4 Å². The van der Waals surface area contributed by atoms with Crippen molar-refractivity contribution in [3.63, 3.8) is 0 Å². The van der Waals surface area contributed by atoms with Gasteiger partial charge in [0, 0.05) is 18.6 Å². The fourth-order valence-corrected chi connectivity index (χ4v) is 2.53. The molecule has 5 nitrogen and oxygen atoms in total. The molecule has 0 aromatic carbocycles. The van der Waals surface area contributed by atoms with Crippen molar-refractivity contribution in [3.8, 4) is 0 Å². The van der Waals surface area contributed by atoms with Crippen LogP contribution in [0.25, 0.3) is 0 Å². The molecule has 1 aromatic heterocycles. The fraction of sp³-hybridized carbons (Fsp3) is 0.571. The second-order valence-corrected chi connectivity index (χ2v) is 6.07. The lowest BCUT2D eigenvalue weighted by molar-refractivity contribution is 0.257. The third-order valence-corrected chi connectivity index (χ3v) is 4.46. The van der Waals surface area contributed by atoms with E-state index in [1.165, 1.54) is 17.5 Å². The molecule has 20 heavy (non-hydrogen) atoms. The highest BCUT2D eigenvalue weighted by Gasteiger charge is 2.28. The first kappa shape index (κ1) is 15.3. The molecule has 1 aliphatic rings. The van der Waals surface area contributed by atoms with E-state index in [9.17, 15) is 4.79 Å². The van der Waals surface area contributed by atoms with E-state index in [0.29, 0.717) is 17.1 Å². The largest absolute Gasteiger partial charge is 0.381 e. The first-order chi connectivity index (χ1) is 9.54. The number of nitrogens with one attached hydrogen (secondary N) is 1. The zero-order valence-corrected chi connectivity index (χ0v) is 13.6. The molecule has 1 saturated carbocycles. The predicted molar refractivity (Wildman–Crippen MR) is 85.1 cm³/mol. The third kappa shape index (κ3) is 3.49. The van der Waals surface area contributed by atoms with Crippen LogP contribution >= 0.6 is 15.9 Å².